The highest BCUT2D eigenvalue weighted by Gasteiger charge is 2.33. The fourth-order valence-corrected chi connectivity index (χ4v) is 2.78. The molecule has 1 aromatic rings. The topological polar surface area (TPSA) is 15.3 Å². The maximum atomic E-state index is 14.1. The molecule has 6 heteroatoms. The molecule has 1 N–H and O–H groups in total. The minimum Gasteiger partial charge on any atom is -0.314 e. The van der Waals surface area contributed by atoms with Gasteiger partial charge < -0.3 is 5.32 Å². The predicted molar refractivity (Wildman–Crippen MR) is 73.5 cm³/mol. The highest BCUT2D eigenvalue weighted by molar-refractivity contribution is 5.29. The number of rotatable bonds is 4. The summed E-state index contributed by atoms with van der Waals surface area (Å²) in [5.41, 5.74) is -0.622. The lowest BCUT2D eigenvalue weighted by molar-refractivity contribution is -0.137. The number of hydrogen-bond donors (Lipinski definition) is 1. The van der Waals surface area contributed by atoms with Crippen molar-refractivity contribution < 1.29 is 17.6 Å². The molecule has 0 saturated carbocycles. The molecule has 1 fully saturated rings. The van der Waals surface area contributed by atoms with Crippen molar-refractivity contribution in [2.45, 2.75) is 32.0 Å². The molecule has 2 nitrogen and oxygen atoms in total. The lowest BCUT2D eigenvalue weighted by atomic mass is 9.97. The van der Waals surface area contributed by atoms with E-state index in [0.717, 1.165) is 50.8 Å². The first kappa shape index (κ1) is 16.2. The predicted octanol–water partition coefficient (Wildman–Crippen LogP) is 3.59. The Labute approximate surface area is 122 Å². The summed E-state index contributed by atoms with van der Waals surface area (Å²) >= 11 is 0. The van der Waals surface area contributed by atoms with Crippen LogP contribution in [0.2, 0.25) is 0 Å². The second-order valence-corrected chi connectivity index (χ2v) is 5.32. The molecule has 118 valence electrons. The van der Waals surface area contributed by atoms with Gasteiger partial charge in [-0.25, -0.2) is 4.39 Å². The number of nitrogens with one attached hydrogen (secondary N) is 1. The van der Waals surface area contributed by atoms with Crippen LogP contribution in [0.3, 0.4) is 0 Å². The number of alkyl halides is 3. The van der Waals surface area contributed by atoms with E-state index in [1.165, 1.54) is 0 Å². The minimum atomic E-state index is -4.44. The molecular formula is C15H20F4N2. The number of piperazine rings is 1. The summed E-state index contributed by atoms with van der Waals surface area (Å²) in [6.45, 7) is 4.96. The van der Waals surface area contributed by atoms with Crippen molar-refractivity contribution in [3.8, 4) is 0 Å². The van der Waals surface area contributed by atoms with Gasteiger partial charge >= 0.3 is 6.18 Å². The first-order valence-electron chi connectivity index (χ1n) is 7.25. The monoisotopic (exact) mass is 304 g/mol. The summed E-state index contributed by atoms with van der Waals surface area (Å²) in [6.07, 6.45) is -2.99. The van der Waals surface area contributed by atoms with Crippen molar-refractivity contribution in [1.82, 2.24) is 10.2 Å². The third-order valence-corrected chi connectivity index (χ3v) is 3.84. The van der Waals surface area contributed by atoms with E-state index in [1.54, 1.807) is 0 Å². The minimum absolute atomic E-state index is 0.161. The molecule has 0 aliphatic carbocycles. The van der Waals surface area contributed by atoms with Crippen molar-refractivity contribution in [2.24, 2.45) is 0 Å². The Kier molecular flexibility index (Phi) is 5.22. The molecule has 0 aromatic heterocycles. The van der Waals surface area contributed by atoms with Crippen LogP contribution in [0.1, 0.15) is 36.9 Å². The van der Waals surface area contributed by atoms with Crippen LogP contribution in [-0.2, 0) is 6.18 Å². The van der Waals surface area contributed by atoms with Crippen LogP contribution in [-0.4, -0.2) is 31.1 Å². The van der Waals surface area contributed by atoms with Gasteiger partial charge in [0.05, 0.1) is 5.56 Å². The second-order valence-electron chi connectivity index (χ2n) is 5.32. The fourth-order valence-electron chi connectivity index (χ4n) is 2.78. The Balaban J connectivity index is 2.34. The zero-order chi connectivity index (χ0) is 15.5. The standard InChI is InChI=1S/C15H20F4N2/c1-2-3-14(21-8-6-20-7-9-21)12-10-11(15(17,18)19)4-5-13(12)16/h4-5,10,14,20H,2-3,6-9H2,1H3/t14-/m0/s1. The molecule has 0 bridgehead atoms. The molecule has 1 aliphatic rings. The van der Waals surface area contributed by atoms with E-state index >= 15 is 0 Å². The van der Waals surface area contributed by atoms with E-state index in [4.69, 9.17) is 0 Å². The summed E-state index contributed by atoms with van der Waals surface area (Å²) in [7, 11) is 0. The van der Waals surface area contributed by atoms with Gasteiger partial charge in [0.1, 0.15) is 5.82 Å². The van der Waals surface area contributed by atoms with Crippen LogP contribution in [0.4, 0.5) is 17.6 Å². The smallest absolute Gasteiger partial charge is 0.314 e. The molecule has 1 aliphatic heterocycles. The van der Waals surface area contributed by atoms with Crippen molar-refractivity contribution in [2.75, 3.05) is 26.2 Å². The Morgan fingerprint density at radius 1 is 1.24 bits per heavy atom. The second kappa shape index (κ2) is 6.75. The van der Waals surface area contributed by atoms with Gasteiger partial charge in [0, 0.05) is 37.8 Å². The van der Waals surface area contributed by atoms with Gasteiger partial charge in [0.2, 0.25) is 0 Å². The van der Waals surface area contributed by atoms with E-state index in [2.05, 4.69) is 10.2 Å². The summed E-state index contributed by atoms with van der Waals surface area (Å²) in [5.74, 6) is -0.556. The summed E-state index contributed by atoms with van der Waals surface area (Å²) in [5, 5.41) is 3.20. The first-order chi connectivity index (χ1) is 9.93. The molecule has 0 spiro atoms. The number of nitrogens with zero attached hydrogens (tertiary/aromatic N) is 1. The number of benzene rings is 1. The van der Waals surface area contributed by atoms with Crippen LogP contribution in [0.5, 0.6) is 0 Å². The van der Waals surface area contributed by atoms with Crippen molar-refractivity contribution in [3.63, 3.8) is 0 Å². The molecule has 1 heterocycles. The van der Waals surface area contributed by atoms with Gasteiger partial charge in [0.15, 0.2) is 0 Å². The van der Waals surface area contributed by atoms with Gasteiger partial charge in [-0.3, -0.25) is 4.90 Å². The van der Waals surface area contributed by atoms with Gasteiger partial charge in [-0.05, 0) is 24.6 Å². The normalized spacial score (nSPS) is 18.7. The number of hydrogen-bond acceptors (Lipinski definition) is 2. The molecule has 1 atom stereocenters. The Hall–Kier alpha value is -1.14. The highest BCUT2D eigenvalue weighted by atomic mass is 19.4. The van der Waals surface area contributed by atoms with Crippen LogP contribution >= 0.6 is 0 Å². The van der Waals surface area contributed by atoms with E-state index in [0.29, 0.717) is 6.42 Å². The quantitative estimate of drug-likeness (QED) is 0.855. The molecule has 0 amide bonds. The van der Waals surface area contributed by atoms with Crippen LogP contribution in [0, 0.1) is 5.82 Å². The van der Waals surface area contributed by atoms with Crippen molar-refractivity contribution in [1.29, 1.82) is 0 Å². The van der Waals surface area contributed by atoms with E-state index in [-0.39, 0.29) is 11.6 Å². The highest BCUT2D eigenvalue weighted by Crippen LogP contribution is 2.34. The Morgan fingerprint density at radius 3 is 2.48 bits per heavy atom. The van der Waals surface area contributed by atoms with Gasteiger partial charge in [0.25, 0.3) is 0 Å². The van der Waals surface area contributed by atoms with E-state index in [1.807, 2.05) is 6.92 Å². The maximum Gasteiger partial charge on any atom is 0.416 e. The lowest BCUT2D eigenvalue weighted by Gasteiger charge is -2.35. The van der Waals surface area contributed by atoms with Crippen LogP contribution in [0.25, 0.3) is 0 Å². The summed E-state index contributed by atoms with van der Waals surface area (Å²) < 4.78 is 52.6. The van der Waals surface area contributed by atoms with Gasteiger partial charge in [-0.2, -0.15) is 13.2 Å². The molecule has 21 heavy (non-hydrogen) atoms. The summed E-state index contributed by atoms with van der Waals surface area (Å²) in [4.78, 5) is 2.07. The number of halogens is 4. The molecule has 1 saturated heterocycles. The van der Waals surface area contributed by atoms with Gasteiger partial charge in [-0.15, -0.1) is 0 Å². The van der Waals surface area contributed by atoms with Crippen LogP contribution in [0.15, 0.2) is 18.2 Å². The molecule has 0 radical (unpaired) electrons. The molecule has 2 rings (SSSR count). The summed E-state index contributed by atoms with van der Waals surface area (Å²) in [6, 6.07) is 2.42. The van der Waals surface area contributed by atoms with Crippen molar-refractivity contribution in [3.05, 3.63) is 35.1 Å². The third-order valence-electron chi connectivity index (χ3n) is 3.84. The zero-order valence-electron chi connectivity index (χ0n) is 12.0. The zero-order valence-corrected chi connectivity index (χ0v) is 12.0. The van der Waals surface area contributed by atoms with E-state index in [9.17, 15) is 17.6 Å². The Morgan fingerprint density at radius 2 is 1.90 bits per heavy atom. The SMILES string of the molecule is CCC[C@@H](c1cc(C(F)(F)F)ccc1F)N1CCNCC1. The largest absolute Gasteiger partial charge is 0.416 e. The molecule has 1 aromatic carbocycles. The average Bonchev–Trinajstić information content (AvgIpc) is 2.45. The van der Waals surface area contributed by atoms with Crippen LogP contribution < -0.4 is 5.32 Å². The molecule has 0 unspecified atom stereocenters. The van der Waals surface area contributed by atoms with Gasteiger partial charge in [-0.1, -0.05) is 13.3 Å². The average molecular weight is 304 g/mol. The first-order valence-corrected chi connectivity index (χ1v) is 7.25. The molecular weight excluding hydrogens is 284 g/mol. The fraction of sp³-hybridized carbons (Fsp3) is 0.600. The lowest BCUT2D eigenvalue weighted by Crippen LogP contribution is -2.45. The maximum absolute atomic E-state index is 14.1. The Bertz CT molecular complexity index is 467. The third kappa shape index (κ3) is 3.95. The van der Waals surface area contributed by atoms with Crippen molar-refractivity contribution >= 4 is 0 Å². The van der Waals surface area contributed by atoms with E-state index < -0.39 is 17.6 Å².